The van der Waals surface area contributed by atoms with E-state index in [2.05, 4.69) is 5.32 Å². The Morgan fingerprint density at radius 2 is 2.25 bits per heavy atom. The zero-order valence-electron chi connectivity index (χ0n) is 8.85. The Labute approximate surface area is 92.6 Å². The van der Waals surface area contributed by atoms with E-state index >= 15 is 0 Å². The number of fused-ring (bicyclic) bond motifs is 1. The fourth-order valence-corrected chi connectivity index (χ4v) is 2.52. The largest absolute Gasteiger partial charge is 0.490 e. The van der Waals surface area contributed by atoms with Gasteiger partial charge in [-0.3, -0.25) is 0 Å². The maximum absolute atomic E-state index is 14.1. The summed E-state index contributed by atoms with van der Waals surface area (Å²) in [6.07, 6.45) is 2.34. The SMILES string of the molecule is Fc1cc2c(c(F)c1[C@H]1CCCN1)OCC2. The molecular formula is C12H13F2NO. The average molecular weight is 225 g/mol. The fourth-order valence-electron chi connectivity index (χ4n) is 2.52. The molecule has 1 fully saturated rings. The Hall–Kier alpha value is -1.16. The zero-order chi connectivity index (χ0) is 11.1. The Kier molecular flexibility index (Phi) is 2.32. The molecule has 0 aromatic heterocycles. The molecule has 1 aromatic carbocycles. The van der Waals surface area contributed by atoms with E-state index in [0.29, 0.717) is 18.6 Å². The third kappa shape index (κ3) is 1.40. The summed E-state index contributed by atoms with van der Waals surface area (Å²) in [5.41, 5.74) is 0.801. The lowest BCUT2D eigenvalue weighted by molar-refractivity contribution is 0.335. The van der Waals surface area contributed by atoms with Crippen molar-refractivity contribution in [3.63, 3.8) is 0 Å². The number of hydrogen-bond donors (Lipinski definition) is 1. The minimum atomic E-state index is -0.508. The summed E-state index contributed by atoms with van der Waals surface area (Å²) < 4.78 is 33.1. The van der Waals surface area contributed by atoms with Crippen LogP contribution < -0.4 is 10.1 Å². The third-order valence-corrected chi connectivity index (χ3v) is 3.31. The van der Waals surface area contributed by atoms with E-state index in [1.807, 2.05) is 0 Å². The number of rotatable bonds is 1. The molecule has 3 rings (SSSR count). The summed E-state index contributed by atoms with van der Waals surface area (Å²) >= 11 is 0. The Balaban J connectivity index is 2.10. The Morgan fingerprint density at radius 1 is 1.38 bits per heavy atom. The van der Waals surface area contributed by atoms with Crippen molar-refractivity contribution < 1.29 is 13.5 Å². The van der Waals surface area contributed by atoms with Gasteiger partial charge < -0.3 is 10.1 Å². The molecule has 0 spiro atoms. The van der Waals surface area contributed by atoms with Crippen LogP contribution in [0.25, 0.3) is 0 Å². The van der Waals surface area contributed by atoms with Gasteiger partial charge in [0.15, 0.2) is 11.6 Å². The first kappa shape index (κ1) is 10.0. The van der Waals surface area contributed by atoms with E-state index in [0.717, 1.165) is 19.4 Å². The highest BCUT2D eigenvalue weighted by Crippen LogP contribution is 2.37. The van der Waals surface area contributed by atoms with Crippen molar-refractivity contribution in [1.82, 2.24) is 5.32 Å². The average Bonchev–Trinajstić information content (AvgIpc) is 2.87. The summed E-state index contributed by atoms with van der Waals surface area (Å²) in [6, 6.07) is 1.22. The van der Waals surface area contributed by atoms with Crippen LogP contribution in [0.1, 0.15) is 30.0 Å². The van der Waals surface area contributed by atoms with E-state index in [9.17, 15) is 8.78 Å². The summed E-state index contributed by atoms with van der Waals surface area (Å²) in [5.74, 6) is -0.696. The van der Waals surface area contributed by atoms with E-state index in [-0.39, 0.29) is 17.4 Å². The zero-order valence-corrected chi connectivity index (χ0v) is 8.85. The number of nitrogens with one attached hydrogen (secondary N) is 1. The van der Waals surface area contributed by atoms with Crippen molar-refractivity contribution in [2.75, 3.05) is 13.2 Å². The smallest absolute Gasteiger partial charge is 0.173 e. The van der Waals surface area contributed by atoms with Crippen molar-refractivity contribution >= 4 is 0 Å². The van der Waals surface area contributed by atoms with Crippen LogP contribution in [0.15, 0.2) is 6.07 Å². The molecule has 0 aliphatic carbocycles. The van der Waals surface area contributed by atoms with Crippen LogP contribution in [0, 0.1) is 11.6 Å². The van der Waals surface area contributed by atoms with Gasteiger partial charge in [0.05, 0.1) is 6.61 Å². The monoisotopic (exact) mass is 225 g/mol. The predicted molar refractivity (Wildman–Crippen MR) is 55.5 cm³/mol. The van der Waals surface area contributed by atoms with Crippen molar-refractivity contribution in [1.29, 1.82) is 0 Å². The first-order valence-corrected chi connectivity index (χ1v) is 5.64. The van der Waals surface area contributed by atoms with Gasteiger partial charge in [0.1, 0.15) is 5.82 Å². The van der Waals surface area contributed by atoms with Crippen LogP contribution in [-0.2, 0) is 6.42 Å². The van der Waals surface area contributed by atoms with Crippen LogP contribution in [0.5, 0.6) is 5.75 Å². The minimum Gasteiger partial charge on any atom is -0.490 e. The molecule has 4 heteroatoms. The fraction of sp³-hybridized carbons (Fsp3) is 0.500. The number of halogens is 2. The molecule has 0 bridgehead atoms. The molecule has 1 aromatic rings. The number of ether oxygens (including phenoxy) is 1. The summed E-state index contributed by atoms with van der Waals surface area (Å²) in [5, 5.41) is 3.11. The third-order valence-electron chi connectivity index (χ3n) is 3.31. The highest BCUT2D eigenvalue weighted by atomic mass is 19.1. The maximum Gasteiger partial charge on any atom is 0.173 e. The highest BCUT2D eigenvalue weighted by molar-refractivity contribution is 5.44. The Bertz CT molecular complexity index is 428. The van der Waals surface area contributed by atoms with Crippen molar-refractivity contribution in [3.8, 4) is 5.75 Å². The molecule has 0 radical (unpaired) electrons. The summed E-state index contributed by atoms with van der Waals surface area (Å²) in [6.45, 7) is 1.27. The molecule has 1 saturated heterocycles. The standard InChI is InChI=1S/C12H13F2NO/c13-8-6-7-3-5-16-12(7)11(14)10(8)9-2-1-4-15-9/h6,9,15H,1-5H2/t9-/m1/s1. The van der Waals surface area contributed by atoms with Gasteiger partial charge in [0.2, 0.25) is 0 Å². The van der Waals surface area contributed by atoms with E-state index < -0.39 is 11.6 Å². The molecule has 2 heterocycles. The van der Waals surface area contributed by atoms with Gasteiger partial charge >= 0.3 is 0 Å². The molecular weight excluding hydrogens is 212 g/mol. The molecule has 1 atom stereocenters. The first-order chi connectivity index (χ1) is 7.77. The molecule has 2 aliphatic heterocycles. The van der Waals surface area contributed by atoms with Gasteiger partial charge in [0, 0.05) is 23.6 Å². The number of hydrogen-bond acceptors (Lipinski definition) is 2. The van der Waals surface area contributed by atoms with Crippen LogP contribution in [0.4, 0.5) is 8.78 Å². The molecule has 2 nitrogen and oxygen atoms in total. The van der Waals surface area contributed by atoms with Gasteiger partial charge in [-0.05, 0) is 25.5 Å². The molecule has 16 heavy (non-hydrogen) atoms. The quantitative estimate of drug-likeness (QED) is 0.792. The normalized spacial score (nSPS) is 23.2. The van der Waals surface area contributed by atoms with Crippen LogP contribution in [0.3, 0.4) is 0 Å². The van der Waals surface area contributed by atoms with Gasteiger partial charge in [-0.25, -0.2) is 8.78 Å². The van der Waals surface area contributed by atoms with Crippen LogP contribution in [0.2, 0.25) is 0 Å². The first-order valence-electron chi connectivity index (χ1n) is 5.64. The van der Waals surface area contributed by atoms with Crippen molar-refractivity contribution in [2.24, 2.45) is 0 Å². The highest BCUT2D eigenvalue weighted by Gasteiger charge is 2.29. The van der Waals surface area contributed by atoms with Crippen molar-refractivity contribution in [3.05, 3.63) is 28.8 Å². The van der Waals surface area contributed by atoms with Gasteiger partial charge in [-0.15, -0.1) is 0 Å². The second kappa shape index (κ2) is 3.70. The van der Waals surface area contributed by atoms with Crippen molar-refractivity contribution in [2.45, 2.75) is 25.3 Å². The summed E-state index contributed by atoms with van der Waals surface area (Å²) in [4.78, 5) is 0. The second-order valence-electron chi connectivity index (χ2n) is 4.32. The lowest BCUT2D eigenvalue weighted by Gasteiger charge is -2.14. The molecule has 2 aliphatic rings. The van der Waals surface area contributed by atoms with Crippen LogP contribution in [-0.4, -0.2) is 13.2 Å². The molecule has 0 amide bonds. The van der Waals surface area contributed by atoms with E-state index in [4.69, 9.17) is 4.74 Å². The van der Waals surface area contributed by atoms with Crippen LogP contribution >= 0.6 is 0 Å². The maximum atomic E-state index is 14.1. The molecule has 0 saturated carbocycles. The van der Waals surface area contributed by atoms with E-state index in [1.165, 1.54) is 6.07 Å². The molecule has 86 valence electrons. The minimum absolute atomic E-state index is 0.151. The van der Waals surface area contributed by atoms with E-state index in [1.54, 1.807) is 0 Å². The lowest BCUT2D eigenvalue weighted by atomic mass is 10.0. The predicted octanol–water partition coefficient (Wildman–Crippen LogP) is 2.32. The van der Waals surface area contributed by atoms with Gasteiger partial charge in [-0.1, -0.05) is 0 Å². The van der Waals surface area contributed by atoms with Gasteiger partial charge in [-0.2, -0.15) is 0 Å². The lowest BCUT2D eigenvalue weighted by Crippen LogP contribution is -2.16. The Morgan fingerprint density at radius 3 is 3.00 bits per heavy atom. The van der Waals surface area contributed by atoms with Gasteiger partial charge in [0.25, 0.3) is 0 Å². The summed E-state index contributed by atoms with van der Waals surface area (Å²) in [7, 11) is 0. The topological polar surface area (TPSA) is 21.3 Å². The number of benzene rings is 1. The molecule has 1 N–H and O–H groups in total. The molecule has 0 unspecified atom stereocenters. The second-order valence-corrected chi connectivity index (χ2v) is 4.32.